The van der Waals surface area contributed by atoms with Gasteiger partial charge in [-0.1, -0.05) is 48.5 Å². The molecule has 0 bridgehead atoms. The maximum atomic E-state index is 12.6. The maximum absolute atomic E-state index is 12.6. The molecule has 3 nitrogen and oxygen atoms in total. The molecule has 1 aliphatic heterocycles. The second-order valence-corrected chi connectivity index (χ2v) is 7.49. The van der Waals surface area contributed by atoms with E-state index in [2.05, 4.69) is 0 Å². The molecule has 8 heteroatoms. The minimum absolute atomic E-state index is 0. The van der Waals surface area contributed by atoms with Crippen molar-refractivity contribution in [3.8, 4) is 5.75 Å². The van der Waals surface area contributed by atoms with E-state index in [1.54, 1.807) is 29.3 Å². The molecule has 1 aliphatic rings. The Bertz CT molecular complexity index is 761. The van der Waals surface area contributed by atoms with Crippen LogP contribution in [0.2, 0.25) is 0 Å². The molecule has 0 spiro atoms. The van der Waals surface area contributed by atoms with Gasteiger partial charge in [-0.15, -0.1) is 24.0 Å². The van der Waals surface area contributed by atoms with E-state index in [0.717, 1.165) is 12.0 Å². The second kappa shape index (κ2) is 9.35. The molecule has 2 atom stereocenters. The van der Waals surface area contributed by atoms with Crippen molar-refractivity contribution in [1.29, 1.82) is 0 Å². The van der Waals surface area contributed by atoms with Gasteiger partial charge in [0.05, 0.1) is 5.54 Å². The van der Waals surface area contributed by atoms with Crippen molar-refractivity contribution in [2.75, 3.05) is 13.2 Å². The molecule has 2 aromatic carbocycles. The van der Waals surface area contributed by atoms with E-state index in [9.17, 15) is 13.2 Å². The number of ether oxygens (including phenoxy) is 1. The first kappa shape index (κ1) is 22.8. The first-order valence-electron chi connectivity index (χ1n) is 8.79. The zero-order valence-electron chi connectivity index (χ0n) is 15.2. The molecule has 0 radical (unpaired) electrons. The summed E-state index contributed by atoms with van der Waals surface area (Å²) in [5.74, 6) is 6.63. The van der Waals surface area contributed by atoms with Gasteiger partial charge in [-0.3, -0.25) is 5.84 Å². The van der Waals surface area contributed by atoms with Crippen LogP contribution in [0.25, 0.3) is 0 Å². The van der Waals surface area contributed by atoms with Gasteiger partial charge >= 0.3 is 6.18 Å². The summed E-state index contributed by atoms with van der Waals surface area (Å²) in [4.78, 5) is 0. The summed E-state index contributed by atoms with van der Waals surface area (Å²) in [6.45, 7) is -0.819. The summed E-state index contributed by atoms with van der Waals surface area (Å²) in [6, 6.07) is 16.6. The molecular weight excluding hydrogens is 412 g/mol. The number of nitrogens with two attached hydrogens (primary N) is 1. The molecule has 1 saturated heterocycles. The van der Waals surface area contributed by atoms with E-state index >= 15 is 0 Å². The maximum Gasteiger partial charge on any atom is 0.422 e. The quantitative estimate of drug-likeness (QED) is 0.527. The number of hydrazine groups is 1. The van der Waals surface area contributed by atoms with Crippen molar-refractivity contribution in [2.45, 2.75) is 36.4 Å². The lowest BCUT2D eigenvalue weighted by Gasteiger charge is -2.47. The Morgan fingerprint density at radius 1 is 1.11 bits per heavy atom. The summed E-state index contributed by atoms with van der Waals surface area (Å²) in [6.07, 6.45) is -2.48. The van der Waals surface area contributed by atoms with Crippen molar-refractivity contribution in [1.82, 2.24) is 5.01 Å². The molecule has 2 unspecified atom stereocenters. The topological polar surface area (TPSA) is 38.5 Å². The van der Waals surface area contributed by atoms with E-state index < -0.39 is 18.3 Å². The number of halogens is 5. The third kappa shape index (κ3) is 5.32. The summed E-state index contributed by atoms with van der Waals surface area (Å²) < 4.78 is 42.9. The lowest BCUT2D eigenvalue weighted by atomic mass is 9.77. The largest absolute Gasteiger partial charge is 0.484 e. The smallest absolute Gasteiger partial charge is 0.422 e. The summed E-state index contributed by atoms with van der Waals surface area (Å²) >= 11 is 6.29. The Hall–Kier alpha value is -1.47. The molecular formula is C20H23Cl2F3N2O. The first-order chi connectivity index (χ1) is 12.8. The van der Waals surface area contributed by atoms with Gasteiger partial charge < -0.3 is 4.74 Å². The van der Waals surface area contributed by atoms with Crippen LogP contribution in [0.1, 0.15) is 24.0 Å². The molecule has 154 valence electrons. The molecule has 0 amide bonds. The van der Waals surface area contributed by atoms with Crippen LogP contribution < -0.4 is 10.6 Å². The van der Waals surface area contributed by atoms with E-state index in [1.807, 2.05) is 30.3 Å². The average molecular weight is 435 g/mol. The molecule has 0 saturated carbocycles. The van der Waals surface area contributed by atoms with Crippen molar-refractivity contribution >= 4 is 24.0 Å². The van der Waals surface area contributed by atoms with E-state index in [4.69, 9.17) is 22.2 Å². The Kier molecular flexibility index (Phi) is 7.62. The second-order valence-electron chi connectivity index (χ2n) is 6.87. The standard InChI is InChI=1S/C20H22ClF3N2O.ClH/c21-17-10-11-19(26(25)13-17,16-7-2-1-3-8-16)12-15-6-4-5-9-18(15)27-14-20(22,23)24;/h1-9,17H,10-14,25H2;1H. The Morgan fingerprint density at radius 2 is 1.75 bits per heavy atom. The number of benzene rings is 2. The molecule has 1 heterocycles. The Labute approximate surface area is 174 Å². The van der Waals surface area contributed by atoms with Gasteiger partial charge in [-0.25, -0.2) is 5.01 Å². The zero-order valence-corrected chi connectivity index (χ0v) is 16.7. The van der Waals surface area contributed by atoms with Gasteiger partial charge in [-0.05, 0) is 36.5 Å². The van der Waals surface area contributed by atoms with Crippen LogP contribution in [0.5, 0.6) is 5.75 Å². The van der Waals surface area contributed by atoms with Crippen LogP contribution in [0.4, 0.5) is 13.2 Å². The number of hydrogen-bond acceptors (Lipinski definition) is 3. The first-order valence-corrected chi connectivity index (χ1v) is 9.23. The molecule has 2 N–H and O–H groups in total. The van der Waals surface area contributed by atoms with Crippen molar-refractivity contribution in [3.05, 3.63) is 65.7 Å². The highest BCUT2D eigenvalue weighted by atomic mass is 35.5. The van der Waals surface area contributed by atoms with Crippen LogP contribution in [-0.2, 0) is 12.0 Å². The van der Waals surface area contributed by atoms with Crippen molar-refractivity contribution in [3.63, 3.8) is 0 Å². The third-order valence-corrected chi connectivity index (χ3v) is 5.33. The number of para-hydroxylation sites is 1. The monoisotopic (exact) mass is 434 g/mol. The molecule has 0 aromatic heterocycles. The van der Waals surface area contributed by atoms with Gasteiger partial charge in [0.2, 0.25) is 0 Å². The van der Waals surface area contributed by atoms with Crippen LogP contribution in [-0.4, -0.2) is 29.7 Å². The van der Waals surface area contributed by atoms with Crippen molar-refractivity contribution < 1.29 is 17.9 Å². The molecule has 1 fully saturated rings. The van der Waals surface area contributed by atoms with Gasteiger partial charge in [0.25, 0.3) is 0 Å². The fraction of sp³-hybridized carbons (Fsp3) is 0.400. The van der Waals surface area contributed by atoms with Crippen LogP contribution >= 0.6 is 24.0 Å². The summed E-state index contributed by atoms with van der Waals surface area (Å²) in [7, 11) is 0. The SMILES string of the molecule is Cl.NN1CC(Cl)CCC1(Cc1ccccc1OCC(F)(F)F)c1ccccc1. The molecule has 2 aromatic rings. The molecule has 0 aliphatic carbocycles. The zero-order chi connectivity index (χ0) is 19.5. The van der Waals surface area contributed by atoms with Gasteiger partial charge in [0.15, 0.2) is 6.61 Å². The lowest BCUT2D eigenvalue weighted by molar-refractivity contribution is -0.153. The lowest BCUT2D eigenvalue weighted by Crippen LogP contribution is -2.57. The minimum atomic E-state index is -4.39. The predicted octanol–water partition coefficient (Wildman–Crippen LogP) is 5.06. The van der Waals surface area contributed by atoms with E-state index in [-0.39, 0.29) is 23.5 Å². The fourth-order valence-corrected chi connectivity index (χ4v) is 3.89. The normalized spacial score (nSPS) is 23.1. The molecule has 28 heavy (non-hydrogen) atoms. The van der Waals surface area contributed by atoms with Gasteiger partial charge in [-0.2, -0.15) is 13.2 Å². The highest BCUT2D eigenvalue weighted by Gasteiger charge is 2.42. The Morgan fingerprint density at radius 3 is 2.39 bits per heavy atom. The van der Waals surface area contributed by atoms with E-state index in [0.29, 0.717) is 24.9 Å². The van der Waals surface area contributed by atoms with Gasteiger partial charge in [0.1, 0.15) is 5.75 Å². The summed E-state index contributed by atoms with van der Waals surface area (Å²) in [5, 5.41) is 1.67. The Balaban J connectivity index is 0.00000280. The van der Waals surface area contributed by atoms with E-state index in [1.165, 1.54) is 0 Å². The number of alkyl halides is 4. The number of piperidine rings is 1. The summed E-state index contributed by atoms with van der Waals surface area (Å²) in [5.41, 5.74) is 1.15. The number of nitrogens with zero attached hydrogens (tertiary/aromatic N) is 1. The third-order valence-electron chi connectivity index (χ3n) is 4.97. The molecule has 3 rings (SSSR count). The predicted molar refractivity (Wildman–Crippen MR) is 107 cm³/mol. The average Bonchev–Trinajstić information content (AvgIpc) is 2.63. The fourth-order valence-electron chi connectivity index (χ4n) is 3.63. The van der Waals surface area contributed by atoms with Crippen LogP contribution in [0.3, 0.4) is 0 Å². The number of hydrogen-bond donors (Lipinski definition) is 1. The van der Waals surface area contributed by atoms with Crippen LogP contribution in [0, 0.1) is 0 Å². The number of rotatable bonds is 5. The van der Waals surface area contributed by atoms with Gasteiger partial charge in [0, 0.05) is 11.9 Å². The minimum Gasteiger partial charge on any atom is -0.484 e. The van der Waals surface area contributed by atoms with Crippen LogP contribution in [0.15, 0.2) is 54.6 Å². The van der Waals surface area contributed by atoms with Crippen molar-refractivity contribution in [2.24, 2.45) is 5.84 Å². The highest BCUT2D eigenvalue weighted by molar-refractivity contribution is 6.20. The highest BCUT2D eigenvalue weighted by Crippen LogP contribution is 2.41.